The van der Waals surface area contributed by atoms with Crippen LogP contribution in [-0.2, 0) is 0 Å². The number of fused-ring (bicyclic) bond motifs is 1. The molecule has 2 saturated heterocycles. The highest BCUT2D eigenvalue weighted by Gasteiger charge is 2.39. The molecule has 0 atom stereocenters. The maximum atomic E-state index is 11.9. The third-order valence-electron chi connectivity index (χ3n) is 8.60. The SMILES string of the molecule is CNC(=O)c1cn2ccc(-c3ccc(N4CCC5(CC4)CCN(C4CCC4)CC5)nc3)cc2n1. The van der Waals surface area contributed by atoms with E-state index in [1.807, 2.05) is 28.9 Å². The van der Waals surface area contributed by atoms with Crippen LogP contribution in [0.15, 0.2) is 42.9 Å². The highest BCUT2D eigenvalue weighted by Crippen LogP contribution is 2.43. The molecule has 1 amide bonds. The summed E-state index contributed by atoms with van der Waals surface area (Å²) in [5.74, 6) is 0.901. The van der Waals surface area contributed by atoms with Crippen molar-refractivity contribution in [1.82, 2.24) is 24.6 Å². The third-order valence-corrected chi connectivity index (χ3v) is 8.60. The third kappa shape index (κ3) is 3.96. The molecule has 0 aromatic carbocycles. The minimum atomic E-state index is -0.177. The molecule has 34 heavy (non-hydrogen) atoms. The van der Waals surface area contributed by atoms with Crippen LogP contribution in [0.5, 0.6) is 0 Å². The number of imidazole rings is 1. The molecule has 7 nitrogen and oxygen atoms in total. The minimum Gasteiger partial charge on any atom is -0.357 e. The van der Waals surface area contributed by atoms with Crippen LogP contribution in [0.3, 0.4) is 0 Å². The van der Waals surface area contributed by atoms with Crippen LogP contribution in [0, 0.1) is 5.41 Å². The number of likely N-dealkylation sites (tertiary alicyclic amines) is 1. The maximum absolute atomic E-state index is 11.9. The Balaban J connectivity index is 1.10. The second-order valence-electron chi connectivity index (χ2n) is 10.4. The number of rotatable bonds is 4. The summed E-state index contributed by atoms with van der Waals surface area (Å²) in [5.41, 5.74) is 3.85. The highest BCUT2D eigenvalue weighted by molar-refractivity contribution is 5.92. The van der Waals surface area contributed by atoms with E-state index in [-0.39, 0.29) is 5.91 Å². The number of carbonyl (C=O) groups is 1. The van der Waals surface area contributed by atoms with E-state index in [0.717, 1.165) is 41.7 Å². The van der Waals surface area contributed by atoms with Gasteiger partial charge < -0.3 is 19.5 Å². The maximum Gasteiger partial charge on any atom is 0.271 e. The first kappa shape index (κ1) is 21.6. The quantitative estimate of drug-likeness (QED) is 0.640. The number of hydrogen-bond acceptors (Lipinski definition) is 5. The van der Waals surface area contributed by atoms with Crippen molar-refractivity contribution >= 4 is 17.4 Å². The van der Waals surface area contributed by atoms with E-state index in [0.29, 0.717) is 11.1 Å². The summed E-state index contributed by atoms with van der Waals surface area (Å²) < 4.78 is 1.87. The molecule has 0 bridgehead atoms. The first-order chi connectivity index (χ1) is 16.6. The van der Waals surface area contributed by atoms with E-state index in [1.54, 1.807) is 13.2 Å². The molecule has 3 fully saturated rings. The average molecular weight is 459 g/mol. The monoisotopic (exact) mass is 458 g/mol. The Morgan fingerprint density at radius 1 is 1.03 bits per heavy atom. The summed E-state index contributed by atoms with van der Waals surface area (Å²) in [5, 5.41) is 2.62. The number of amides is 1. The standard InChI is InChI=1S/C27H34N6O/c1-28-26(34)23-19-33-12-7-20(17-25(33)30-23)21-5-6-24(29-18-21)32-15-10-27(11-16-32)8-13-31(14-9-27)22-3-2-4-22/h5-7,12,17-19,22H,2-4,8-11,13-16H2,1H3,(H,28,34). The molecule has 0 unspecified atom stereocenters. The topological polar surface area (TPSA) is 65.8 Å². The van der Waals surface area contributed by atoms with Gasteiger partial charge in [-0.25, -0.2) is 9.97 Å². The number of piperidine rings is 2. The summed E-state index contributed by atoms with van der Waals surface area (Å²) in [7, 11) is 1.62. The van der Waals surface area contributed by atoms with Crippen LogP contribution >= 0.6 is 0 Å². The normalized spacial score (nSPS) is 21.0. The molecule has 3 aliphatic rings. The van der Waals surface area contributed by atoms with Crippen molar-refractivity contribution < 1.29 is 4.79 Å². The molecule has 1 N–H and O–H groups in total. The van der Waals surface area contributed by atoms with Gasteiger partial charge in [-0.3, -0.25) is 4.79 Å². The number of nitrogens with one attached hydrogen (secondary N) is 1. The highest BCUT2D eigenvalue weighted by atomic mass is 16.1. The van der Waals surface area contributed by atoms with Gasteiger partial charge in [-0.05, 0) is 86.9 Å². The summed E-state index contributed by atoms with van der Waals surface area (Å²) in [6.07, 6.45) is 15.3. The predicted molar refractivity (Wildman–Crippen MR) is 134 cm³/mol. The van der Waals surface area contributed by atoms with Crippen LogP contribution in [0.1, 0.15) is 55.4 Å². The van der Waals surface area contributed by atoms with Gasteiger partial charge in [0.2, 0.25) is 0 Å². The van der Waals surface area contributed by atoms with Gasteiger partial charge in [-0.15, -0.1) is 0 Å². The molecule has 1 aliphatic carbocycles. The van der Waals surface area contributed by atoms with Gasteiger partial charge in [0.05, 0.1) is 0 Å². The number of carbonyl (C=O) groups excluding carboxylic acids is 1. The molecular formula is C27H34N6O. The lowest BCUT2D eigenvalue weighted by atomic mass is 9.70. The van der Waals surface area contributed by atoms with Gasteiger partial charge in [0.1, 0.15) is 17.2 Å². The first-order valence-corrected chi connectivity index (χ1v) is 12.8. The Labute approximate surface area is 201 Å². The second-order valence-corrected chi connectivity index (χ2v) is 10.4. The summed E-state index contributed by atoms with van der Waals surface area (Å²) in [6, 6.07) is 9.24. The van der Waals surface area contributed by atoms with Gasteiger partial charge in [0.25, 0.3) is 5.91 Å². The second kappa shape index (κ2) is 8.69. The van der Waals surface area contributed by atoms with Crippen molar-refractivity contribution in [3.05, 3.63) is 48.5 Å². The molecule has 7 heteroatoms. The molecule has 1 spiro atoms. The number of pyridine rings is 2. The minimum absolute atomic E-state index is 0.177. The molecule has 178 valence electrons. The van der Waals surface area contributed by atoms with E-state index >= 15 is 0 Å². The van der Waals surface area contributed by atoms with E-state index in [4.69, 9.17) is 4.98 Å². The van der Waals surface area contributed by atoms with E-state index in [9.17, 15) is 4.79 Å². The van der Waals surface area contributed by atoms with Crippen LogP contribution in [0.4, 0.5) is 5.82 Å². The van der Waals surface area contributed by atoms with E-state index in [2.05, 4.69) is 32.2 Å². The lowest BCUT2D eigenvalue weighted by molar-refractivity contribution is 0.0305. The van der Waals surface area contributed by atoms with Gasteiger partial charge in [-0.2, -0.15) is 0 Å². The van der Waals surface area contributed by atoms with Crippen LogP contribution in [-0.4, -0.2) is 64.4 Å². The summed E-state index contributed by atoms with van der Waals surface area (Å²) in [4.78, 5) is 26.4. The molecular weight excluding hydrogens is 424 g/mol. The van der Waals surface area contributed by atoms with Crippen LogP contribution in [0.25, 0.3) is 16.8 Å². The zero-order valence-electron chi connectivity index (χ0n) is 20.0. The van der Waals surface area contributed by atoms with Gasteiger partial charge in [0, 0.05) is 50.3 Å². The van der Waals surface area contributed by atoms with Crippen molar-refractivity contribution in [2.75, 3.05) is 38.1 Å². The largest absolute Gasteiger partial charge is 0.357 e. The predicted octanol–water partition coefficient (Wildman–Crippen LogP) is 3.99. The fourth-order valence-electron chi connectivity index (χ4n) is 5.97. The lowest BCUT2D eigenvalue weighted by Gasteiger charge is -2.50. The number of aromatic nitrogens is 3. The average Bonchev–Trinajstić information content (AvgIpc) is 3.28. The van der Waals surface area contributed by atoms with Crippen molar-refractivity contribution in [3.63, 3.8) is 0 Å². The zero-order valence-corrected chi connectivity index (χ0v) is 20.0. The Kier molecular flexibility index (Phi) is 5.52. The number of nitrogens with zero attached hydrogens (tertiary/aromatic N) is 5. The Hall–Kier alpha value is -2.93. The van der Waals surface area contributed by atoms with Gasteiger partial charge >= 0.3 is 0 Å². The van der Waals surface area contributed by atoms with Gasteiger partial charge in [0.15, 0.2) is 0 Å². The number of anilines is 1. The van der Waals surface area contributed by atoms with Crippen molar-refractivity contribution in [2.45, 2.75) is 51.0 Å². The Bertz CT molecular complexity index is 1160. The van der Waals surface area contributed by atoms with Crippen molar-refractivity contribution in [2.24, 2.45) is 5.41 Å². The molecule has 2 aliphatic heterocycles. The summed E-state index contributed by atoms with van der Waals surface area (Å²) >= 11 is 0. The summed E-state index contributed by atoms with van der Waals surface area (Å²) in [6.45, 7) is 4.84. The van der Waals surface area contributed by atoms with Crippen LogP contribution < -0.4 is 10.2 Å². The smallest absolute Gasteiger partial charge is 0.271 e. The van der Waals surface area contributed by atoms with E-state index in [1.165, 1.54) is 58.0 Å². The van der Waals surface area contributed by atoms with Crippen molar-refractivity contribution in [1.29, 1.82) is 0 Å². The fraction of sp³-hybridized carbons (Fsp3) is 0.519. The molecule has 1 saturated carbocycles. The fourth-order valence-corrected chi connectivity index (χ4v) is 5.97. The lowest BCUT2D eigenvalue weighted by Crippen LogP contribution is -2.51. The Morgan fingerprint density at radius 3 is 2.44 bits per heavy atom. The van der Waals surface area contributed by atoms with Crippen molar-refractivity contribution in [3.8, 4) is 11.1 Å². The zero-order chi connectivity index (χ0) is 23.1. The molecule has 3 aromatic rings. The molecule has 0 radical (unpaired) electrons. The van der Waals surface area contributed by atoms with Gasteiger partial charge in [-0.1, -0.05) is 6.42 Å². The molecule has 3 aromatic heterocycles. The van der Waals surface area contributed by atoms with Crippen LogP contribution in [0.2, 0.25) is 0 Å². The first-order valence-electron chi connectivity index (χ1n) is 12.8. The van der Waals surface area contributed by atoms with E-state index < -0.39 is 0 Å². The number of hydrogen-bond donors (Lipinski definition) is 1. The Morgan fingerprint density at radius 2 is 1.79 bits per heavy atom. The molecule has 5 heterocycles. The molecule has 6 rings (SSSR count).